The van der Waals surface area contributed by atoms with Crippen LogP contribution in [0.5, 0.6) is 0 Å². The van der Waals surface area contributed by atoms with Crippen molar-refractivity contribution >= 4 is 22.9 Å². The molecule has 2 nitrogen and oxygen atoms in total. The summed E-state index contributed by atoms with van der Waals surface area (Å²) in [5.41, 5.74) is 5.40. The number of thiophene rings is 1. The maximum absolute atomic E-state index is 6.00. The Bertz CT molecular complexity index is 536. The lowest BCUT2D eigenvalue weighted by Crippen LogP contribution is -2.28. The van der Waals surface area contributed by atoms with Gasteiger partial charge in [-0.3, -0.25) is 5.84 Å². The molecule has 102 valence electrons. The molecule has 0 radical (unpaired) electrons. The Hall–Kier alpha value is -0.870. The van der Waals surface area contributed by atoms with Gasteiger partial charge in [-0.2, -0.15) is 0 Å². The number of hydrogen-bond acceptors (Lipinski definition) is 3. The van der Waals surface area contributed by atoms with E-state index in [2.05, 4.69) is 43.5 Å². The van der Waals surface area contributed by atoms with E-state index in [0.29, 0.717) is 5.92 Å². The number of nitrogens with two attached hydrogens (primary N) is 1. The first-order chi connectivity index (χ1) is 9.10. The summed E-state index contributed by atoms with van der Waals surface area (Å²) in [5, 5.41) is 0. The molecule has 1 aromatic carbocycles. The summed E-state index contributed by atoms with van der Waals surface area (Å²) < 4.78 is 0.786. The molecule has 1 atom stereocenters. The van der Waals surface area contributed by atoms with Crippen LogP contribution in [0.15, 0.2) is 36.4 Å². The second-order valence-corrected chi connectivity index (χ2v) is 6.83. The van der Waals surface area contributed by atoms with Crippen molar-refractivity contribution in [3.05, 3.63) is 56.7 Å². The molecule has 4 heteroatoms. The average molecular weight is 295 g/mol. The van der Waals surface area contributed by atoms with Crippen LogP contribution in [-0.4, -0.2) is 0 Å². The molecule has 0 aliphatic rings. The van der Waals surface area contributed by atoms with Crippen molar-refractivity contribution in [2.45, 2.75) is 26.3 Å². The maximum Gasteiger partial charge on any atom is 0.0931 e. The van der Waals surface area contributed by atoms with Gasteiger partial charge in [0.05, 0.1) is 10.4 Å². The highest BCUT2D eigenvalue weighted by molar-refractivity contribution is 7.16. The van der Waals surface area contributed by atoms with E-state index in [-0.39, 0.29) is 6.04 Å². The lowest BCUT2D eigenvalue weighted by molar-refractivity contribution is 0.633. The van der Waals surface area contributed by atoms with E-state index in [4.69, 9.17) is 17.4 Å². The zero-order valence-corrected chi connectivity index (χ0v) is 12.8. The van der Waals surface area contributed by atoms with Gasteiger partial charge in [-0.05, 0) is 35.6 Å². The van der Waals surface area contributed by atoms with Crippen LogP contribution in [0.4, 0.5) is 0 Å². The van der Waals surface area contributed by atoms with Gasteiger partial charge in [-0.1, -0.05) is 49.7 Å². The average Bonchev–Trinajstić information content (AvgIpc) is 2.76. The topological polar surface area (TPSA) is 38.0 Å². The normalized spacial score (nSPS) is 12.9. The molecule has 0 aliphatic carbocycles. The fourth-order valence-electron chi connectivity index (χ4n) is 2.20. The summed E-state index contributed by atoms with van der Waals surface area (Å²) in [7, 11) is 0. The van der Waals surface area contributed by atoms with E-state index in [1.165, 1.54) is 11.1 Å². The summed E-state index contributed by atoms with van der Waals surface area (Å²) in [5.74, 6) is 6.36. The van der Waals surface area contributed by atoms with Crippen molar-refractivity contribution < 1.29 is 0 Å². The fraction of sp³-hybridized carbons (Fsp3) is 0.333. The van der Waals surface area contributed by atoms with Crippen molar-refractivity contribution in [2.24, 2.45) is 11.8 Å². The predicted molar refractivity (Wildman–Crippen MR) is 83.5 cm³/mol. The molecule has 1 heterocycles. The first-order valence-corrected chi connectivity index (χ1v) is 7.59. The van der Waals surface area contributed by atoms with Gasteiger partial charge in [0.25, 0.3) is 0 Å². The van der Waals surface area contributed by atoms with Gasteiger partial charge in [0.2, 0.25) is 0 Å². The van der Waals surface area contributed by atoms with Crippen molar-refractivity contribution in [3.63, 3.8) is 0 Å². The molecule has 0 aliphatic heterocycles. The highest BCUT2D eigenvalue weighted by Crippen LogP contribution is 2.31. The van der Waals surface area contributed by atoms with E-state index >= 15 is 0 Å². The molecule has 0 saturated carbocycles. The van der Waals surface area contributed by atoms with Crippen LogP contribution in [0, 0.1) is 5.92 Å². The van der Waals surface area contributed by atoms with Crippen LogP contribution in [0.2, 0.25) is 4.34 Å². The second kappa shape index (κ2) is 6.53. The molecule has 0 fully saturated rings. The first-order valence-electron chi connectivity index (χ1n) is 6.40. The Morgan fingerprint density at radius 1 is 1.26 bits per heavy atom. The number of benzene rings is 1. The molecule has 19 heavy (non-hydrogen) atoms. The van der Waals surface area contributed by atoms with Gasteiger partial charge in [-0.15, -0.1) is 11.3 Å². The van der Waals surface area contributed by atoms with Gasteiger partial charge in [0.15, 0.2) is 0 Å². The lowest BCUT2D eigenvalue weighted by atomic mass is 9.98. The lowest BCUT2D eigenvalue weighted by Gasteiger charge is -2.16. The minimum atomic E-state index is 0.00427. The highest BCUT2D eigenvalue weighted by Gasteiger charge is 2.15. The number of rotatable bonds is 5. The largest absolute Gasteiger partial charge is 0.271 e. The monoisotopic (exact) mass is 294 g/mol. The van der Waals surface area contributed by atoms with Gasteiger partial charge in [0.1, 0.15) is 0 Å². The third kappa shape index (κ3) is 3.80. The zero-order chi connectivity index (χ0) is 13.8. The van der Waals surface area contributed by atoms with E-state index in [1.807, 2.05) is 12.1 Å². The van der Waals surface area contributed by atoms with Crippen LogP contribution in [-0.2, 0) is 6.42 Å². The second-order valence-electron chi connectivity index (χ2n) is 5.08. The summed E-state index contributed by atoms with van der Waals surface area (Å²) in [6.07, 6.45) is 1.08. The van der Waals surface area contributed by atoms with Crippen molar-refractivity contribution in [2.75, 3.05) is 0 Å². The summed E-state index contributed by atoms with van der Waals surface area (Å²) >= 11 is 7.56. The Kier molecular flexibility index (Phi) is 4.99. The minimum Gasteiger partial charge on any atom is -0.271 e. The van der Waals surface area contributed by atoms with Crippen LogP contribution in [0.25, 0.3) is 0 Å². The fourth-order valence-corrected chi connectivity index (χ4v) is 3.35. The molecular weight excluding hydrogens is 276 g/mol. The van der Waals surface area contributed by atoms with Crippen molar-refractivity contribution in [1.82, 2.24) is 5.43 Å². The minimum absolute atomic E-state index is 0.00427. The van der Waals surface area contributed by atoms with Crippen LogP contribution >= 0.6 is 22.9 Å². The van der Waals surface area contributed by atoms with E-state index in [0.717, 1.165) is 15.6 Å². The van der Waals surface area contributed by atoms with E-state index < -0.39 is 0 Å². The molecule has 0 bridgehead atoms. The number of hydrogen-bond donors (Lipinski definition) is 2. The molecule has 0 amide bonds. The number of hydrazine groups is 1. The quantitative estimate of drug-likeness (QED) is 0.642. The summed E-state index contributed by atoms with van der Waals surface area (Å²) in [6.45, 7) is 4.45. The van der Waals surface area contributed by atoms with Crippen molar-refractivity contribution in [1.29, 1.82) is 0 Å². The Labute approximate surface area is 123 Å². The Morgan fingerprint density at radius 2 is 2.05 bits per heavy atom. The third-order valence-electron chi connectivity index (χ3n) is 2.97. The van der Waals surface area contributed by atoms with Crippen molar-refractivity contribution in [3.8, 4) is 0 Å². The van der Waals surface area contributed by atoms with E-state index in [1.54, 1.807) is 11.3 Å². The number of halogens is 1. The molecule has 3 N–H and O–H groups in total. The Balaban J connectivity index is 2.28. The van der Waals surface area contributed by atoms with Crippen LogP contribution < -0.4 is 11.3 Å². The molecule has 2 rings (SSSR count). The summed E-state index contributed by atoms with van der Waals surface area (Å²) in [6, 6.07) is 12.5. The SMILES string of the molecule is CC(C)Cc1cccc(C(NN)c2ccc(Cl)s2)c1. The molecule has 0 saturated heterocycles. The zero-order valence-electron chi connectivity index (χ0n) is 11.2. The molecule has 1 aromatic heterocycles. The first kappa shape index (κ1) is 14.5. The maximum atomic E-state index is 6.00. The smallest absolute Gasteiger partial charge is 0.0931 e. The molecule has 2 aromatic rings. The van der Waals surface area contributed by atoms with Gasteiger partial charge in [0, 0.05) is 4.88 Å². The molecule has 1 unspecified atom stereocenters. The standard InChI is InChI=1S/C15H19ClN2S/c1-10(2)8-11-4-3-5-12(9-11)15(18-17)13-6-7-14(16)19-13/h3-7,9-10,15,18H,8,17H2,1-2H3. The van der Waals surface area contributed by atoms with Gasteiger partial charge in [-0.25, -0.2) is 5.43 Å². The Morgan fingerprint density at radius 3 is 2.63 bits per heavy atom. The van der Waals surface area contributed by atoms with Crippen LogP contribution in [0.1, 0.15) is 35.9 Å². The third-order valence-corrected chi connectivity index (χ3v) is 4.27. The molecule has 0 spiro atoms. The number of nitrogens with one attached hydrogen (secondary N) is 1. The highest BCUT2D eigenvalue weighted by atomic mass is 35.5. The predicted octanol–water partition coefficient (Wildman–Crippen LogP) is 4.15. The molecular formula is C15H19ClN2S. The van der Waals surface area contributed by atoms with E-state index in [9.17, 15) is 0 Å². The van der Waals surface area contributed by atoms with Gasteiger partial charge >= 0.3 is 0 Å². The van der Waals surface area contributed by atoms with Crippen LogP contribution in [0.3, 0.4) is 0 Å². The summed E-state index contributed by atoms with van der Waals surface area (Å²) in [4.78, 5) is 1.13. The van der Waals surface area contributed by atoms with Gasteiger partial charge < -0.3 is 0 Å².